The van der Waals surface area contributed by atoms with Gasteiger partial charge in [0.1, 0.15) is 17.9 Å². The van der Waals surface area contributed by atoms with E-state index < -0.39 is 53.2 Å². The highest BCUT2D eigenvalue weighted by atomic mass is 16.8. The first-order chi connectivity index (χ1) is 28.4. The van der Waals surface area contributed by atoms with Gasteiger partial charge >= 0.3 is 5.97 Å². The number of aliphatic carboxylic acids is 1. The first-order valence-corrected chi connectivity index (χ1v) is 23.3. The minimum atomic E-state index is -1.88. The van der Waals surface area contributed by atoms with Gasteiger partial charge in [-0.2, -0.15) is 0 Å². The lowest BCUT2D eigenvalue weighted by Crippen LogP contribution is -2.62. The predicted octanol–water partition coefficient (Wildman–Crippen LogP) is 6.26. The Balaban J connectivity index is 0.846. The summed E-state index contributed by atoms with van der Waals surface area (Å²) in [6, 6.07) is 0. The van der Waals surface area contributed by atoms with Crippen molar-refractivity contribution in [3.63, 3.8) is 0 Å². The van der Waals surface area contributed by atoms with Crippen molar-refractivity contribution >= 4 is 5.97 Å². The summed E-state index contributed by atoms with van der Waals surface area (Å²) in [5, 5.41) is 37.3. The molecular weight excluding hydrogens is 771 g/mol. The van der Waals surface area contributed by atoms with Crippen LogP contribution in [0.2, 0.25) is 0 Å². The van der Waals surface area contributed by atoms with Crippen molar-refractivity contribution in [2.24, 2.45) is 35.5 Å². The van der Waals surface area contributed by atoms with E-state index in [-0.39, 0.29) is 60.8 Å². The van der Waals surface area contributed by atoms with Crippen LogP contribution in [0.1, 0.15) is 125 Å². The van der Waals surface area contributed by atoms with Gasteiger partial charge in [0.15, 0.2) is 23.1 Å². The van der Waals surface area contributed by atoms with Crippen molar-refractivity contribution in [3.05, 3.63) is 36.5 Å². The molecular formula is C47H71NO12. The molecule has 9 heterocycles. The fourth-order valence-corrected chi connectivity index (χ4v) is 12.8. The maximum Gasteiger partial charge on any atom is 0.303 e. The number of carboxylic acid groups (broad SMARTS) is 1. The van der Waals surface area contributed by atoms with Crippen LogP contribution >= 0.6 is 0 Å². The maximum absolute atomic E-state index is 12.4. The van der Waals surface area contributed by atoms with E-state index in [1.807, 2.05) is 25.2 Å². The van der Waals surface area contributed by atoms with Crippen LogP contribution < -0.4 is 5.32 Å². The fraction of sp³-hybridized carbons (Fsp3) is 0.851. The van der Waals surface area contributed by atoms with Crippen LogP contribution in [0.25, 0.3) is 0 Å². The number of aliphatic hydroxyl groups excluding tert-OH is 1. The van der Waals surface area contributed by atoms with Crippen molar-refractivity contribution in [1.82, 2.24) is 5.32 Å². The summed E-state index contributed by atoms with van der Waals surface area (Å²) in [6.07, 6.45) is 12.2. The Bertz CT molecular complexity index is 1690. The Hall–Kier alpha value is -1.75. The molecule has 0 aromatic heterocycles. The highest BCUT2D eigenvalue weighted by molar-refractivity contribution is 5.66. The normalized spacial score (nSPS) is 52.9. The van der Waals surface area contributed by atoms with Gasteiger partial charge in [-0.15, -0.1) is 0 Å². The molecule has 0 radical (unpaired) electrons. The summed E-state index contributed by atoms with van der Waals surface area (Å²) in [5.41, 5.74) is 0.390. The number of nitrogens with one attached hydrogen (secondary N) is 1. The lowest BCUT2D eigenvalue weighted by Gasteiger charge is -2.53. The zero-order chi connectivity index (χ0) is 42.4. The molecule has 9 aliphatic heterocycles. The van der Waals surface area contributed by atoms with Crippen LogP contribution in [0.15, 0.2) is 36.5 Å². The number of fused-ring (bicyclic) bond motifs is 5. The molecule has 60 heavy (non-hydrogen) atoms. The van der Waals surface area contributed by atoms with Crippen LogP contribution in [0.5, 0.6) is 0 Å². The molecule has 20 atom stereocenters. The van der Waals surface area contributed by atoms with Gasteiger partial charge in [0.25, 0.3) is 0 Å². The van der Waals surface area contributed by atoms with Crippen molar-refractivity contribution < 1.29 is 58.0 Å². The van der Waals surface area contributed by atoms with E-state index in [4.69, 9.17) is 43.0 Å². The average molecular weight is 842 g/mol. The van der Waals surface area contributed by atoms with E-state index in [0.717, 1.165) is 37.8 Å². The molecule has 0 aliphatic carbocycles. The van der Waals surface area contributed by atoms with E-state index in [1.54, 1.807) is 0 Å². The van der Waals surface area contributed by atoms with E-state index >= 15 is 0 Å². The molecule has 8 saturated heterocycles. The number of aliphatic hydroxyl groups is 2. The van der Waals surface area contributed by atoms with Gasteiger partial charge in [-0.3, -0.25) is 10.1 Å². The molecule has 0 amide bonds. The quantitative estimate of drug-likeness (QED) is 0.193. The number of rotatable bonds is 9. The second kappa shape index (κ2) is 16.0. The maximum atomic E-state index is 12.4. The number of ether oxygens (including phenoxy) is 8. The Kier molecular flexibility index (Phi) is 11.6. The third kappa shape index (κ3) is 7.81. The zero-order valence-electron chi connectivity index (χ0n) is 36.6. The molecule has 13 nitrogen and oxygen atoms in total. The van der Waals surface area contributed by atoms with Gasteiger partial charge in [-0.1, -0.05) is 66.3 Å². The van der Waals surface area contributed by atoms with E-state index in [0.29, 0.717) is 69.1 Å². The lowest BCUT2D eigenvalue weighted by molar-refractivity contribution is -0.367. The molecule has 9 rings (SSSR count). The molecule has 0 unspecified atom stereocenters. The van der Waals surface area contributed by atoms with Crippen molar-refractivity contribution in [2.75, 3.05) is 6.54 Å². The lowest BCUT2D eigenvalue weighted by atomic mass is 9.76. The number of allylic oxidation sites excluding steroid dienone is 1. The smallest absolute Gasteiger partial charge is 0.303 e. The van der Waals surface area contributed by atoms with Crippen molar-refractivity contribution in [3.8, 4) is 0 Å². The average Bonchev–Trinajstić information content (AvgIpc) is 3.87. The molecule has 9 aliphatic rings. The second-order valence-electron chi connectivity index (χ2n) is 20.9. The molecule has 0 saturated carbocycles. The highest BCUT2D eigenvalue weighted by Gasteiger charge is 2.64. The topological polar surface area (TPSA) is 164 Å². The summed E-state index contributed by atoms with van der Waals surface area (Å²) < 4.78 is 54.1. The summed E-state index contributed by atoms with van der Waals surface area (Å²) >= 11 is 0. The predicted molar refractivity (Wildman–Crippen MR) is 219 cm³/mol. The summed E-state index contributed by atoms with van der Waals surface area (Å²) in [4.78, 5) is 11.0. The van der Waals surface area contributed by atoms with Crippen LogP contribution in [0.3, 0.4) is 0 Å². The minimum Gasteiger partial charge on any atom is -0.481 e. The zero-order valence-corrected chi connectivity index (χ0v) is 36.6. The number of piperidine rings is 1. The number of carboxylic acids is 1. The summed E-state index contributed by atoms with van der Waals surface area (Å²) in [6.45, 7) is 18.5. The van der Waals surface area contributed by atoms with Gasteiger partial charge in [-0.25, -0.2) is 0 Å². The Morgan fingerprint density at radius 3 is 2.45 bits per heavy atom. The second-order valence-corrected chi connectivity index (χ2v) is 20.9. The number of hydrogen-bond donors (Lipinski definition) is 4. The molecule has 0 aromatic carbocycles. The monoisotopic (exact) mass is 841 g/mol. The first-order valence-electron chi connectivity index (χ1n) is 23.3. The molecule has 2 bridgehead atoms. The van der Waals surface area contributed by atoms with E-state index in [9.17, 15) is 15.0 Å². The van der Waals surface area contributed by atoms with Crippen molar-refractivity contribution in [2.45, 2.75) is 209 Å². The van der Waals surface area contributed by atoms with Gasteiger partial charge in [0.2, 0.25) is 0 Å². The first kappa shape index (κ1) is 43.5. The fourth-order valence-electron chi connectivity index (χ4n) is 12.8. The Morgan fingerprint density at radius 2 is 1.67 bits per heavy atom. The van der Waals surface area contributed by atoms with Gasteiger partial charge in [0, 0.05) is 63.3 Å². The minimum absolute atomic E-state index is 0.0210. The van der Waals surface area contributed by atoms with Gasteiger partial charge < -0.3 is 53.2 Å². The molecule has 3 spiro atoms. The van der Waals surface area contributed by atoms with Crippen LogP contribution in [-0.2, 0) is 42.7 Å². The van der Waals surface area contributed by atoms with Gasteiger partial charge in [-0.05, 0) is 73.8 Å². The van der Waals surface area contributed by atoms with Crippen LogP contribution in [0, 0.1) is 35.5 Å². The Morgan fingerprint density at radius 1 is 0.867 bits per heavy atom. The Labute approximate surface area is 355 Å². The number of hydrogen-bond acceptors (Lipinski definition) is 12. The van der Waals surface area contributed by atoms with Gasteiger partial charge in [0.05, 0.1) is 42.7 Å². The SMILES string of the molecule is C=C(C[C@]12C[C@H](C)C[C@H](O1)[C@@H]1O[C@@]3(C[C@@H]1O2)NC[C@@H](C)C[C@H]3C)[C@@H]1O[C@](O)([C@@H](O)[C@@H]2C[C@H]3O[C@]4(CC[C@@]5(C=CC[C@H](/C=C/CCC(=O)O)O5)O4)[C@H](C)C[C@H]3O2)[C@@H](C)C[C@H]1C. The third-order valence-electron chi connectivity index (χ3n) is 15.9. The van der Waals surface area contributed by atoms with E-state index in [1.165, 1.54) is 0 Å². The van der Waals surface area contributed by atoms with Crippen LogP contribution in [-0.4, -0.2) is 112 Å². The molecule has 8 fully saturated rings. The largest absolute Gasteiger partial charge is 0.481 e. The standard InChI is InChI=1S/C47H71NO12/c1-26-18-36-41-38(24-45(58-41)30(5)17-27(2)25-48-45)56-44(22-26,55-36)23-29(4)40-28(3)19-32(7)47(52,59-40)42(51)37-21-35-34(53-37)20-31(6)46(57-35)16-15-43(60-46)14-10-12-33(54-43)11-8-9-13-39(49)50/h8,10-11,14,26-28,30-38,40-42,48,51-52H,4,9,12-13,15-25H2,1-3,5-7H3,(H,49,50)/b11-8+/t26-,27+,28-,30-,31-,32+,33+,34-,35-,36+,37+,38+,40-,41+,42+,43-,44-,45-,46+,47+/m1/s1. The highest BCUT2D eigenvalue weighted by Crippen LogP contribution is 2.55. The summed E-state index contributed by atoms with van der Waals surface area (Å²) in [5.74, 6) is -4.41. The molecule has 0 aromatic rings. The molecule has 13 heteroatoms. The summed E-state index contributed by atoms with van der Waals surface area (Å²) in [7, 11) is 0. The molecule has 336 valence electrons. The molecule has 4 N–H and O–H groups in total. The third-order valence-corrected chi connectivity index (χ3v) is 15.9. The van der Waals surface area contributed by atoms with Crippen molar-refractivity contribution in [1.29, 1.82) is 0 Å². The number of carbonyl (C=O) groups is 1. The van der Waals surface area contributed by atoms with E-state index in [2.05, 4.69) is 52.6 Å². The van der Waals surface area contributed by atoms with Crippen LogP contribution in [0.4, 0.5) is 0 Å².